The quantitative estimate of drug-likeness (QED) is 0.836. The van der Waals surface area contributed by atoms with Crippen molar-refractivity contribution in [3.8, 4) is 17.6 Å². The van der Waals surface area contributed by atoms with Crippen LogP contribution in [0.1, 0.15) is 21.5 Å². The van der Waals surface area contributed by atoms with E-state index >= 15 is 0 Å². The number of rotatable bonds is 4. The van der Waals surface area contributed by atoms with Crippen molar-refractivity contribution in [2.75, 3.05) is 6.54 Å². The molecule has 0 unspecified atom stereocenters. The first kappa shape index (κ1) is 14.6. The van der Waals surface area contributed by atoms with E-state index in [1.807, 2.05) is 24.3 Å². The summed E-state index contributed by atoms with van der Waals surface area (Å²) in [4.78, 5) is 11.3. The number of benzene rings is 2. The SMILES string of the molecule is NCC#Cc1ccccc1COc1ccccc1C(N)=O. The lowest BCUT2D eigenvalue weighted by Crippen LogP contribution is -2.13. The maximum atomic E-state index is 11.3. The van der Waals surface area contributed by atoms with E-state index < -0.39 is 5.91 Å². The third-order valence-electron chi connectivity index (χ3n) is 2.88. The fourth-order valence-corrected chi connectivity index (χ4v) is 1.87. The normalized spacial score (nSPS) is 9.57. The lowest BCUT2D eigenvalue weighted by molar-refractivity contribution is 0.0996. The zero-order valence-corrected chi connectivity index (χ0v) is 11.5. The molecule has 2 rings (SSSR count). The molecule has 2 aromatic carbocycles. The average molecular weight is 280 g/mol. The molecule has 1 amide bonds. The summed E-state index contributed by atoms with van der Waals surface area (Å²) in [5.41, 5.74) is 12.9. The monoisotopic (exact) mass is 280 g/mol. The van der Waals surface area contributed by atoms with Gasteiger partial charge in [-0.3, -0.25) is 4.79 Å². The molecule has 0 fully saturated rings. The van der Waals surface area contributed by atoms with Crippen molar-refractivity contribution in [2.24, 2.45) is 11.5 Å². The second-order valence-electron chi connectivity index (χ2n) is 4.31. The van der Waals surface area contributed by atoms with E-state index in [1.165, 1.54) is 0 Å². The van der Waals surface area contributed by atoms with Gasteiger partial charge in [0, 0.05) is 11.1 Å². The molecule has 4 nitrogen and oxygen atoms in total. The number of carbonyl (C=O) groups is 1. The second-order valence-corrected chi connectivity index (χ2v) is 4.31. The lowest BCUT2D eigenvalue weighted by Gasteiger charge is -2.10. The molecule has 21 heavy (non-hydrogen) atoms. The number of amides is 1. The Kier molecular flexibility index (Phi) is 4.97. The molecule has 0 aromatic heterocycles. The Hall–Kier alpha value is -2.77. The van der Waals surface area contributed by atoms with Gasteiger partial charge in [-0.05, 0) is 18.2 Å². The molecule has 106 valence electrons. The number of para-hydroxylation sites is 1. The van der Waals surface area contributed by atoms with Gasteiger partial charge in [0.05, 0.1) is 12.1 Å². The molecular formula is C17H16N2O2. The molecule has 4 heteroatoms. The van der Waals surface area contributed by atoms with E-state index in [4.69, 9.17) is 16.2 Å². The highest BCUT2D eigenvalue weighted by Crippen LogP contribution is 2.19. The van der Waals surface area contributed by atoms with Crippen molar-refractivity contribution >= 4 is 5.91 Å². The highest BCUT2D eigenvalue weighted by atomic mass is 16.5. The lowest BCUT2D eigenvalue weighted by atomic mass is 10.1. The minimum Gasteiger partial charge on any atom is -0.488 e. The summed E-state index contributed by atoms with van der Waals surface area (Å²) in [6.45, 7) is 0.611. The average Bonchev–Trinajstić information content (AvgIpc) is 2.52. The van der Waals surface area contributed by atoms with Crippen LogP contribution in [0, 0.1) is 11.8 Å². The Bertz CT molecular complexity index is 699. The second kappa shape index (κ2) is 7.13. The van der Waals surface area contributed by atoms with Gasteiger partial charge in [-0.15, -0.1) is 0 Å². The van der Waals surface area contributed by atoms with Crippen LogP contribution in [-0.4, -0.2) is 12.5 Å². The van der Waals surface area contributed by atoms with Crippen LogP contribution in [0.15, 0.2) is 48.5 Å². The van der Waals surface area contributed by atoms with Gasteiger partial charge in [-0.1, -0.05) is 42.2 Å². The summed E-state index contributed by atoms with van der Waals surface area (Å²) >= 11 is 0. The highest BCUT2D eigenvalue weighted by Gasteiger charge is 2.09. The molecule has 2 aromatic rings. The molecule has 0 heterocycles. The van der Waals surface area contributed by atoms with Crippen LogP contribution in [0.25, 0.3) is 0 Å². The van der Waals surface area contributed by atoms with Crippen LogP contribution >= 0.6 is 0 Å². The number of primary amides is 1. The number of ether oxygens (including phenoxy) is 1. The first-order valence-corrected chi connectivity index (χ1v) is 6.51. The highest BCUT2D eigenvalue weighted by molar-refractivity contribution is 5.95. The van der Waals surface area contributed by atoms with Crippen molar-refractivity contribution in [1.29, 1.82) is 0 Å². The zero-order chi connectivity index (χ0) is 15.1. The molecule has 0 saturated heterocycles. The van der Waals surface area contributed by atoms with Gasteiger partial charge in [0.2, 0.25) is 0 Å². The van der Waals surface area contributed by atoms with Crippen LogP contribution in [0.3, 0.4) is 0 Å². The fraction of sp³-hybridized carbons (Fsp3) is 0.118. The van der Waals surface area contributed by atoms with Gasteiger partial charge in [-0.2, -0.15) is 0 Å². The molecule has 4 N–H and O–H groups in total. The van der Waals surface area contributed by atoms with Gasteiger partial charge in [0.15, 0.2) is 0 Å². The minimum absolute atomic E-state index is 0.305. The molecule has 0 saturated carbocycles. The molecule has 0 radical (unpaired) electrons. The maximum absolute atomic E-state index is 11.3. The molecule has 0 aliphatic rings. The summed E-state index contributed by atoms with van der Waals surface area (Å²) in [6, 6.07) is 14.5. The summed E-state index contributed by atoms with van der Waals surface area (Å²) in [5, 5.41) is 0. The van der Waals surface area contributed by atoms with Crippen LogP contribution < -0.4 is 16.2 Å². The number of carbonyl (C=O) groups excluding carboxylic acids is 1. The first-order valence-electron chi connectivity index (χ1n) is 6.51. The van der Waals surface area contributed by atoms with Crippen molar-refractivity contribution < 1.29 is 9.53 Å². The molecule has 0 bridgehead atoms. The standard InChI is InChI=1S/C17H16N2O2/c18-11-5-8-13-6-1-2-7-14(13)12-21-16-10-4-3-9-15(16)17(19)20/h1-4,6-7,9-10H,11-12,18H2,(H2,19,20). The number of hydrogen-bond acceptors (Lipinski definition) is 3. The van der Waals surface area contributed by atoms with Crippen LogP contribution in [0.4, 0.5) is 0 Å². The van der Waals surface area contributed by atoms with Crippen LogP contribution in [0.2, 0.25) is 0 Å². The summed E-state index contributed by atoms with van der Waals surface area (Å²) in [6.07, 6.45) is 0. The smallest absolute Gasteiger partial charge is 0.252 e. The Labute approximate surface area is 123 Å². The molecular weight excluding hydrogens is 264 g/mol. The summed E-state index contributed by atoms with van der Waals surface area (Å²) in [5.74, 6) is 5.77. The van der Waals surface area contributed by atoms with Crippen LogP contribution in [0.5, 0.6) is 5.75 Å². The number of nitrogens with two attached hydrogens (primary N) is 2. The summed E-state index contributed by atoms with van der Waals surface area (Å²) in [7, 11) is 0. The fourth-order valence-electron chi connectivity index (χ4n) is 1.87. The largest absolute Gasteiger partial charge is 0.488 e. The van der Waals surface area contributed by atoms with Gasteiger partial charge in [-0.25, -0.2) is 0 Å². The van der Waals surface area contributed by atoms with E-state index in [0.717, 1.165) is 11.1 Å². The number of hydrogen-bond donors (Lipinski definition) is 2. The van der Waals surface area contributed by atoms with Crippen molar-refractivity contribution in [1.82, 2.24) is 0 Å². The van der Waals surface area contributed by atoms with E-state index in [0.29, 0.717) is 24.5 Å². The van der Waals surface area contributed by atoms with E-state index in [-0.39, 0.29) is 0 Å². The van der Waals surface area contributed by atoms with Gasteiger partial charge in [0.1, 0.15) is 12.4 Å². The molecule has 0 spiro atoms. The molecule has 0 aliphatic carbocycles. The van der Waals surface area contributed by atoms with Crippen molar-refractivity contribution in [2.45, 2.75) is 6.61 Å². The maximum Gasteiger partial charge on any atom is 0.252 e. The Morgan fingerprint density at radius 3 is 2.57 bits per heavy atom. The third kappa shape index (κ3) is 3.85. The van der Waals surface area contributed by atoms with Crippen molar-refractivity contribution in [3.05, 3.63) is 65.2 Å². The predicted octanol–water partition coefficient (Wildman–Crippen LogP) is 1.67. The Balaban J connectivity index is 2.19. The van der Waals surface area contributed by atoms with E-state index in [1.54, 1.807) is 24.3 Å². The predicted molar refractivity (Wildman–Crippen MR) is 81.7 cm³/mol. The Morgan fingerprint density at radius 2 is 1.81 bits per heavy atom. The van der Waals surface area contributed by atoms with Crippen LogP contribution in [-0.2, 0) is 6.61 Å². The van der Waals surface area contributed by atoms with Gasteiger partial charge >= 0.3 is 0 Å². The van der Waals surface area contributed by atoms with E-state index in [2.05, 4.69) is 11.8 Å². The van der Waals surface area contributed by atoms with Gasteiger partial charge in [0.25, 0.3) is 5.91 Å². The van der Waals surface area contributed by atoms with Crippen molar-refractivity contribution in [3.63, 3.8) is 0 Å². The first-order chi connectivity index (χ1) is 10.2. The topological polar surface area (TPSA) is 78.3 Å². The Morgan fingerprint density at radius 1 is 1.10 bits per heavy atom. The molecule has 0 atom stereocenters. The van der Waals surface area contributed by atoms with E-state index in [9.17, 15) is 4.79 Å². The minimum atomic E-state index is -0.512. The molecule has 0 aliphatic heterocycles. The summed E-state index contributed by atoms with van der Waals surface area (Å²) < 4.78 is 5.71. The third-order valence-corrected chi connectivity index (χ3v) is 2.88. The van der Waals surface area contributed by atoms with Gasteiger partial charge < -0.3 is 16.2 Å². The zero-order valence-electron chi connectivity index (χ0n) is 11.5.